The van der Waals surface area contributed by atoms with Gasteiger partial charge < -0.3 is 9.47 Å². The molecule has 2 aromatic carbocycles. The highest BCUT2D eigenvalue weighted by atomic mass is 35.5. The first-order chi connectivity index (χ1) is 13.5. The van der Waals surface area contributed by atoms with Gasteiger partial charge in [-0.15, -0.1) is 10.2 Å². The van der Waals surface area contributed by atoms with Crippen molar-refractivity contribution in [2.45, 2.75) is 0 Å². The average Bonchev–Trinajstić information content (AvgIpc) is 3.25. The summed E-state index contributed by atoms with van der Waals surface area (Å²) in [5.41, 5.74) is 1.12. The van der Waals surface area contributed by atoms with Gasteiger partial charge in [0.2, 0.25) is 4.96 Å². The van der Waals surface area contributed by atoms with Gasteiger partial charge >= 0.3 is 0 Å². The molecule has 0 radical (unpaired) electrons. The Balaban J connectivity index is 1.89. The molecule has 2 aromatic heterocycles. The molecule has 0 N–H and O–H groups in total. The number of benzene rings is 2. The van der Waals surface area contributed by atoms with Gasteiger partial charge in [-0.3, -0.25) is 4.79 Å². The summed E-state index contributed by atoms with van der Waals surface area (Å²) in [6, 6.07) is 10.6. The van der Waals surface area contributed by atoms with Crippen LogP contribution in [0.4, 0.5) is 0 Å². The first-order valence-electron chi connectivity index (χ1n) is 8.09. The molecule has 0 spiro atoms. The predicted octanol–water partition coefficient (Wildman–Crippen LogP) is 3.69. The van der Waals surface area contributed by atoms with Crippen molar-refractivity contribution in [2.24, 2.45) is 0 Å². The van der Waals surface area contributed by atoms with Crippen molar-refractivity contribution in [3.8, 4) is 22.9 Å². The zero-order valence-corrected chi connectivity index (χ0v) is 17.1. The van der Waals surface area contributed by atoms with E-state index >= 15 is 0 Å². The minimum Gasteiger partial charge on any atom is -0.493 e. The minimum atomic E-state index is -0.231. The van der Waals surface area contributed by atoms with E-state index in [0.29, 0.717) is 48.0 Å². The van der Waals surface area contributed by atoms with Crippen LogP contribution in [0, 0.1) is 0 Å². The third-order valence-electron chi connectivity index (χ3n) is 4.16. The fraction of sp³-hybridized carbons (Fsp3) is 0.105. The molecule has 0 saturated heterocycles. The van der Waals surface area contributed by atoms with Crippen LogP contribution in [-0.4, -0.2) is 28.8 Å². The first kappa shape index (κ1) is 18.7. The van der Waals surface area contributed by atoms with E-state index in [1.807, 2.05) is 0 Å². The molecule has 0 aliphatic heterocycles. The molecule has 6 nitrogen and oxygen atoms in total. The van der Waals surface area contributed by atoms with E-state index in [-0.39, 0.29) is 5.56 Å². The number of halogens is 2. The van der Waals surface area contributed by atoms with Crippen molar-refractivity contribution in [3.63, 3.8) is 0 Å². The van der Waals surface area contributed by atoms with E-state index in [0.717, 1.165) is 0 Å². The van der Waals surface area contributed by atoms with Crippen LogP contribution in [0.3, 0.4) is 0 Å². The van der Waals surface area contributed by atoms with Gasteiger partial charge in [-0.25, -0.2) is 4.40 Å². The molecule has 0 aliphatic rings. The highest BCUT2D eigenvalue weighted by Gasteiger charge is 2.16. The van der Waals surface area contributed by atoms with Crippen molar-refractivity contribution in [1.82, 2.24) is 14.6 Å². The van der Waals surface area contributed by atoms with Crippen molar-refractivity contribution >= 4 is 45.6 Å². The molecule has 4 aromatic rings. The van der Waals surface area contributed by atoms with Crippen LogP contribution in [0.5, 0.6) is 11.5 Å². The summed E-state index contributed by atoms with van der Waals surface area (Å²) < 4.78 is 12.5. The monoisotopic (exact) mass is 433 g/mol. The van der Waals surface area contributed by atoms with Crippen molar-refractivity contribution in [1.29, 1.82) is 0 Å². The normalized spacial score (nSPS) is 11.9. The number of ether oxygens (including phenoxy) is 2. The Labute approximate surface area is 173 Å². The van der Waals surface area contributed by atoms with E-state index in [2.05, 4.69) is 10.2 Å². The predicted molar refractivity (Wildman–Crippen MR) is 111 cm³/mol. The molecule has 0 fully saturated rings. The number of hydrogen-bond acceptors (Lipinski definition) is 6. The van der Waals surface area contributed by atoms with Crippen LogP contribution in [0.1, 0.15) is 5.56 Å². The number of aromatic nitrogens is 3. The quantitative estimate of drug-likeness (QED) is 0.490. The van der Waals surface area contributed by atoms with Crippen molar-refractivity contribution < 1.29 is 9.47 Å². The molecule has 0 atom stereocenters. The number of methoxy groups -OCH3 is 2. The van der Waals surface area contributed by atoms with Gasteiger partial charge in [0.15, 0.2) is 17.3 Å². The maximum absolute atomic E-state index is 13.0. The molecule has 0 aliphatic carbocycles. The third-order valence-corrected chi connectivity index (χ3v) is 5.95. The van der Waals surface area contributed by atoms with Gasteiger partial charge in [0.05, 0.1) is 28.8 Å². The van der Waals surface area contributed by atoms with Crippen LogP contribution in [0.25, 0.3) is 22.4 Å². The van der Waals surface area contributed by atoms with Crippen LogP contribution < -0.4 is 19.6 Å². The average molecular weight is 434 g/mol. The lowest BCUT2D eigenvalue weighted by molar-refractivity contribution is 0.355. The second-order valence-electron chi connectivity index (χ2n) is 5.77. The van der Waals surface area contributed by atoms with Gasteiger partial charge in [-0.1, -0.05) is 46.7 Å². The van der Waals surface area contributed by atoms with Gasteiger partial charge in [0.25, 0.3) is 5.56 Å². The molecular weight excluding hydrogens is 421 g/mol. The molecule has 9 heteroatoms. The Bertz CT molecular complexity index is 1300. The lowest BCUT2D eigenvalue weighted by atomic mass is 10.2. The lowest BCUT2D eigenvalue weighted by Crippen LogP contribution is -2.23. The highest BCUT2D eigenvalue weighted by molar-refractivity contribution is 7.15. The first-order valence-corrected chi connectivity index (χ1v) is 9.66. The van der Waals surface area contributed by atoms with E-state index in [4.69, 9.17) is 32.7 Å². The fourth-order valence-corrected chi connectivity index (χ4v) is 4.06. The smallest absolute Gasteiger partial charge is 0.276 e. The summed E-state index contributed by atoms with van der Waals surface area (Å²) in [6.07, 6.45) is 1.70. The van der Waals surface area contributed by atoms with Gasteiger partial charge in [-0.05, 0) is 35.9 Å². The van der Waals surface area contributed by atoms with E-state index in [1.165, 1.54) is 15.7 Å². The summed E-state index contributed by atoms with van der Waals surface area (Å²) in [5.74, 6) is 1.55. The van der Waals surface area contributed by atoms with E-state index in [1.54, 1.807) is 56.7 Å². The SMILES string of the molecule is COc1ccc(-c2nnc3s/c(=C\c4cccc(Cl)c4Cl)c(=O)n23)cc1OC. The maximum Gasteiger partial charge on any atom is 0.276 e. The summed E-state index contributed by atoms with van der Waals surface area (Å²) in [5, 5.41) is 9.12. The summed E-state index contributed by atoms with van der Waals surface area (Å²) in [7, 11) is 3.11. The van der Waals surface area contributed by atoms with Crippen LogP contribution in [0.2, 0.25) is 10.0 Å². The molecule has 0 amide bonds. The van der Waals surface area contributed by atoms with Gasteiger partial charge in [-0.2, -0.15) is 0 Å². The Morgan fingerprint density at radius 1 is 1.07 bits per heavy atom. The number of rotatable bonds is 4. The molecular formula is C19H13Cl2N3O3S. The Morgan fingerprint density at radius 2 is 1.86 bits per heavy atom. The van der Waals surface area contributed by atoms with Gasteiger partial charge in [0.1, 0.15) is 0 Å². The van der Waals surface area contributed by atoms with Gasteiger partial charge in [0, 0.05) is 5.56 Å². The number of thiazole rings is 1. The van der Waals surface area contributed by atoms with E-state index in [9.17, 15) is 4.79 Å². The molecule has 28 heavy (non-hydrogen) atoms. The third kappa shape index (κ3) is 3.11. The molecule has 142 valence electrons. The maximum atomic E-state index is 13.0. The highest BCUT2D eigenvalue weighted by Crippen LogP contribution is 2.31. The van der Waals surface area contributed by atoms with Crippen molar-refractivity contribution in [3.05, 3.63) is 66.9 Å². The topological polar surface area (TPSA) is 65.7 Å². The Morgan fingerprint density at radius 3 is 2.61 bits per heavy atom. The zero-order valence-electron chi connectivity index (χ0n) is 14.8. The van der Waals surface area contributed by atoms with Crippen LogP contribution in [-0.2, 0) is 0 Å². The summed E-state index contributed by atoms with van der Waals surface area (Å²) in [6.45, 7) is 0. The van der Waals surface area contributed by atoms with Crippen LogP contribution in [0.15, 0.2) is 41.2 Å². The number of fused-ring (bicyclic) bond motifs is 1. The molecule has 2 heterocycles. The van der Waals surface area contributed by atoms with Crippen LogP contribution >= 0.6 is 34.5 Å². The number of hydrogen-bond donors (Lipinski definition) is 0. The zero-order chi connectivity index (χ0) is 19.8. The number of nitrogens with zero attached hydrogens (tertiary/aromatic N) is 3. The second-order valence-corrected chi connectivity index (χ2v) is 7.56. The minimum absolute atomic E-state index is 0.231. The fourth-order valence-electron chi connectivity index (χ4n) is 2.80. The Kier molecular flexibility index (Phi) is 4.97. The lowest BCUT2D eigenvalue weighted by Gasteiger charge is -2.08. The molecule has 4 rings (SSSR count). The molecule has 0 bridgehead atoms. The standard InChI is InChI=1S/C19H13Cl2N3O3S/c1-26-13-7-6-11(8-14(13)27-2)17-22-23-19-24(17)18(25)15(28-19)9-10-4-3-5-12(20)16(10)21/h3-9H,1-2H3/b15-9-. The summed E-state index contributed by atoms with van der Waals surface area (Å²) >= 11 is 13.5. The second kappa shape index (κ2) is 7.43. The largest absolute Gasteiger partial charge is 0.493 e. The molecule has 0 unspecified atom stereocenters. The van der Waals surface area contributed by atoms with Crippen molar-refractivity contribution in [2.75, 3.05) is 14.2 Å². The Hall–Kier alpha value is -2.61. The summed E-state index contributed by atoms with van der Waals surface area (Å²) in [4.78, 5) is 13.5. The van der Waals surface area contributed by atoms with E-state index < -0.39 is 0 Å². The molecule has 0 saturated carbocycles.